The fourth-order valence-electron chi connectivity index (χ4n) is 2.71. The van der Waals surface area contributed by atoms with Crippen molar-refractivity contribution < 1.29 is 4.79 Å². The first-order chi connectivity index (χ1) is 10.3. The third-order valence-electron chi connectivity index (χ3n) is 4.06. The minimum Gasteiger partial charge on any atom is -0.350 e. The molecule has 1 heterocycles. The van der Waals surface area contributed by atoms with Gasteiger partial charge in [0, 0.05) is 12.2 Å². The molecule has 0 aliphatic heterocycles. The van der Waals surface area contributed by atoms with E-state index in [0.29, 0.717) is 12.6 Å². The predicted octanol–water partition coefficient (Wildman–Crippen LogP) is 3.03. The van der Waals surface area contributed by atoms with Crippen LogP contribution in [0.4, 0.5) is 0 Å². The average molecular weight is 283 g/mol. The SMILES string of the molecule is CCC(C(=O)NCc1cncn1C1CC1)c1ccccc1. The Kier molecular flexibility index (Phi) is 4.04. The zero-order valence-electron chi connectivity index (χ0n) is 12.3. The summed E-state index contributed by atoms with van der Waals surface area (Å²) in [7, 11) is 0. The van der Waals surface area contributed by atoms with Gasteiger partial charge in [0.15, 0.2) is 0 Å². The maximum atomic E-state index is 12.4. The Morgan fingerprint density at radius 3 is 2.81 bits per heavy atom. The second-order valence-corrected chi connectivity index (χ2v) is 5.61. The second-order valence-electron chi connectivity index (χ2n) is 5.61. The van der Waals surface area contributed by atoms with Crippen LogP contribution in [0.5, 0.6) is 0 Å². The maximum absolute atomic E-state index is 12.4. The van der Waals surface area contributed by atoms with E-state index in [1.807, 2.05) is 49.8 Å². The smallest absolute Gasteiger partial charge is 0.227 e. The van der Waals surface area contributed by atoms with E-state index in [4.69, 9.17) is 0 Å². The molecule has 21 heavy (non-hydrogen) atoms. The molecule has 110 valence electrons. The number of nitrogens with zero attached hydrogens (tertiary/aromatic N) is 2. The molecule has 1 amide bonds. The summed E-state index contributed by atoms with van der Waals surface area (Å²) in [5.41, 5.74) is 2.17. The molecular formula is C17H21N3O. The third kappa shape index (κ3) is 3.15. The molecule has 0 bridgehead atoms. The predicted molar refractivity (Wildman–Crippen MR) is 81.8 cm³/mol. The molecular weight excluding hydrogens is 262 g/mol. The Bertz CT molecular complexity index is 602. The number of imidazole rings is 1. The van der Waals surface area contributed by atoms with Crippen molar-refractivity contribution in [2.24, 2.45) is 0 Å². The van der Waals surface area contributed by atoms with E-state index in [0.717, 1.165) is 17.7 Å². The molecule has 1 unspecified atom stereocenters. The number of hydrogen-bond acceptors (Lipinski definition) is 2. The minimum absolute atomic E-state index is 0.0801. The van der Waals surface area contributed by atoms with Crippen molar-refractivity contribution in [1.29, 1.82) is 0 Å². The minimum atomic E-state index is -0.0801. The van der Waals surface area contributed by atoms with Crippen molar-refractivity contribution in [1.82, 2.24) is 14.9 Å². The van der Waals surface area contributed by atoms with Crippen molar-refractivity contribution in [3.63, 3.8) is 0 Å². The number of aromatic nitrogens is 2. The zero-order valence-corrected chi connectivity index (χ0v) is 12.3. The largest absolute Gasteiger partial charge is 0.350 e. The molecule has 0 spiro atoms. The fraction of sp³-hybridized carbons (Fsp3) is 0.412. The van der Waals surface area contributed by atoms with Crippen LogP contribution in [0, 0.1) is 0 Å². The van der Waals surface area contributed by atoms with E-state index < -0.39 is 0 Å². The highest BCUT2D eigenvalue weighted by Gasteiger charge is 2.25. The average Bonchev–Trinajstić information content (AvgIpc) is 3.25. The Hall–Kier alpha value is -2.10. The number of nitrogens with one attached hydrogen (secondary N) is 1. The molecule has 1 saturated carbocycles. The van der Waals surface area contributed by atoms with Gasteiger partial charge in [-0.1, -0.05) is 37.3 Å². The van der Waals surface area contributed by atoms with Crippen LogP contribution in [0.2, 0.25) is 0 Å². The second kappa shape index (κ2) is 6.12. The topological polar surface area (TPSA) is 46.9 Å². The summed E-state index contributed by atoms with van der Waals surface area (Å²) in [6.07, 6.45) is 6.96. The highest BCUT2D eigenvalue weighted by Crippen LogP contribution is 2.35. The van der Waals surface area contributed by atoms with Crippen molar-refractivity contribution in [2.45, 2.75) is 44.7 Å². The molecule has 1 aromatic heterocycles. The first kappa shape index (κ1) is 13.9. The molecule has 1 atom stereocenters. The lowest BCUT2D eigenvalue weighted by atomic mass is 9.96. The molecule has 1 N–H and O–H groups in total. The zero-order chi connectivity index (χ0) is 14.7. The lowest BCUT2D eigenvalue weighted by molar-refractivity contribution is -0.122. The van der Waals surface area contributed by atoms with Gasteiger partial charge in [-0.05, 0) is 24.8 Å². The summed E-state index contributed by atoms with van der Waals surface area (Å²) in [6, 6.07) is 10.6. The third-order valence-corrected chi connectivity index (χ3v) is 4.06. The highest BCUT2D eigenvalue weighted by molar-refractivity contribution is 5.83. The molecule has 0 saturated heterocycles. The number of hydrogen-bond donors (Lipinski definition) is 1. The summed E-state index contributed by atoms with van der Waals surface area (Å²) >= 11 is 0. The number of carbonyl (C=O) groups is 1. The fourth-order valence-corrected chi connectivity index (χ4v) is 2.71. The van der Waals surface area contributed by atoms with E-state index in [9.17, 15) is 4.79 Å². The summed E-state index contributed by atoms with van der Waals surface area (Å²) in [6.45, 7) is 2.60. The van der Waals surface area contributed by atoms with Crippen molar-refractivity contribution >= 4 is 5.91 Å². The lowest BCUT2D eigenvalue weighted by Crippen LogP contribution is -2.29. The van der Waals surface area contributed by atoms with Crippen LogP contribution >= 0.6 is 0 Å². The Morgan fingerprint density at radius 1 is 1.38 bits per heavy atom. The quantitative estimate of drug-likeness (QED) is 0.885. The molecule has 1 aromatic carbocycles. The molecule has 1 aliphatic rings. The number of benzene rings is 1. The molecule has 1 fully saturated rings. The van der Waals surface area contributed by atoms with Crippen LogP contribution in [0.3, 0.4) is 0 Å². The Balaban J connectivity index is 1.64. The van der Waals surface area contributed by atoms with Gasteiger partial charge in [0.1, 0.15) is 0 Å². The van der Waals surface area contributed by atoms with Crippen LogP contribution < -0.4 is 5.32 Å². The van der Waals surface area contributed by atoms with Gasteiger partial charge in [-0.3, -0.25) is 4.79 Å². The van der Waals surface area contributed by atoms with E-state index in [-0.39, 0.29) is 11.8 Å². The molecule has 2 aromatic rings. The lowest BCUT2D eigenvalue weighted by Gasteiger charge is -2.16. The van der Waals surface area contributed by atoms with Gasteiger partial charge in [0.2, 0.25) is 5.91 Å². The van der Waals surface area contributed by atoms with Gasteiger partial charge in [-0.15, -0.1) is 0 Å². The van der Waals surface area contributed by atoms with E-state index in [1.54, 1.807) is 0 Å². The van der Waals surface area contributed by atoms with Gasteiger partial charge in [-0.25, -0.2) is 4.98 Å². The summed E-state index contributed by atoms with van der Waals surface area (Å²) in [5.74, 6) is 0.00995. The van der Waals surface area contributed by atoms with Gasteiger partial charge in [0.05, 0.1) is 24.5 Å². The van der Waals surface area contributed by atoms with Gasteiger partial charge in [0.25, 0.3) is 0 Å². The molecule has 3 rings (SSSR count). The van der Waals surface area contributed by atoms with Crippen LogP contribution in [0.25, 0.3) is 0 Å². The summed E-state index contributed by atoms with van der Waals surface area (Å²) in [4.78, 5) is 16.6. The number of rotatable bonds is 6. The van der Waals surface area contributed by atoms with Crippen molar-refractivity contribution in [3.8, 4) is 0 Å². The normalized spacial score (nSPS) is 15.7. The van der Waals surface area contributed by atoms with Crippen LogP contribution in [0.1, 0.15) is 49.4 Å². The monoisotopic (exact) mass is 283 g/mol. The van der Waals surface area contributed by atoms with Gasteiger partial charge in [-0.2, -0.15) is 0 Å². The molecule has 4 heteroatoms. The van der Waals surface area contributed by atoms with Crippen LogP contribution in [-0.2, 0) is 11.3 Å². The molecule has 1 aliphatic carbocycles. The van der Waals surface area contributed by atoms with Gasteiger partial charge < -0.3 is 9.88 Å². The van der Waals surface area contributed by atoms with Crippen molar-refractivity contribution in [2.75, 3.05) is 0 Å². The van der Waals surface area contributed by atoms with Crippen LogP contribution in [-0.4, -0.2) is 15.5 Å². The highest BCUT2D eigenvalue weighted by atomic mass is 16.1. The number of amides is 1. The van der Waals surface area contributed by atoms with E-state index in [1.165, 1.54) is 12.8 Å². The first-order valence-corrected chi connectivity index (χ1v) is 7.63. The standard InChI is InChI=1S/C17H21N3O/c1-2-16(13-6-4-3-5-7-13)17(21)19-11-15-10-18-12-20(15)14-8-9-14/h3-7,10,12,14,16H,2,8-9,11H2,1H3,(H,19,21). The van der Waals surface area contributed by atoms with E-state index in [2.05, 4.69) is 14.9 Å². The molecule has 0 radical (unpaired) electrons. The molecule has 4 nitrogen and oxygen atoms in total. The maximum Gasteiger partial charge on any atom is 0.227 e. The van der Waals surface area contributed by atoms with E-state index >= 15 is 0 Å². The van der Waals surface area contributed by atoms with Gasteiger partial charge >= 0.3 is 0 Å². The number of carbonyl (C=O) groups excluding carboxylic acids is 1. The summed E-state index contributed by atoms with van der Waals surface area (Å²) < 4.78 is 2.18. The Labute approximate surface area is 125 Å². The summed E-state index contributed by atoms with van der Waals surface area (Å²) in [5, 5.41) is 3.06. The Morgan fingerprint density at radius 2 is 2.14 bits per heavy atom. The first-order valence-electron chi connectivity index (χ1n) is 7.63. The van der Waals surface area contributed by atoms with Crippen LogP contribution in [0.15, 0.2) is 42.9 Å². The van der Waals surface area contributed by atoms with Crippen molar-refractivity contribution in [3.05, 3.63) is 54.1 Å².